The summed E-state index contributed by atoms with van der Waals surface area (Å²) < 4.78 is 0. The summed E-state index contributed by atoms with van der Waals surface area (Å²) in [4.78, 5) is 0. The molecule has 0 aliphatic heterocycles. The Morgan fingerprint density at radius 2 is 2.38 bits per heavy atom. The predicted octanol–water partition coefficient (Wildman–Crippen LogP) is 1.53. The first kappa shape index (κ1) is 10.7. The van der Waals surface area contributed by atoms with Crippen LogP contribution in [0.3, 0.4) is 0 Å². The lowest BCUT2D eigenvalue weighted by Gasteiger charge is -2.25. The van der Waals surface area contributed by atoms with Crippen molar-refractivity contribution in [2.24, 2.45) is 17.6 Å². The second-order valence-electron chi connectivity index (χ2n) is 4.29. The lowest BCUT2D eigenvalue weighted by atomic mass is 9.84. The van der Waals surface area contributed by atoms with E-state index in [0.29, 0.717) is 0 Å². The first-order valence-electron chi connectivity index (χ1n) is 5.30. The molecule has 0 fully saturated rings. The second-order valence-corrected chi connectivity index (χ2v) is 4.29. The van der Waals surface area contributed by atoms with Gasteiger partial charge in [0.15, 0.2) is 0 Å². The van der Waals surface area contributed by atoms with E-state index in [1.165, 1.54) is 12.8 Å². The average molecular weight is 182 g/mol. The molecule has 0 saturated carbocycles. The van der Waals surface area contributed by atoms with Crippen molar-refractivity contribution in [3.63, 3.8) is 0 Å². The Bertz CT molecular complexity index is 175. The summed E-state index contributed by atoms with van der Waals surface area (Å²) in [6, 6.07) is 0. The molecule has 0 amide bonds. The zero-order valence-corrected chi connectivity index (χ0v) is 8.84. The molecule has 1 rings (SSSR count). The molecule has 13 heavy (non-hydrogen) atoms. The first-order valence-corrected chi connectivity index (χ1v) is 5.30. The van der Waals surface area contributed by atoms with Crippen LogP contribution in [0, 0.1) is 11.8 Å². The third-order valence-electron chi connectivity index (χ3n) is 2.64. The fourth-order valence-corrected chi connectivity index (χ4v) is 2.25. The minimum absolute atomic E-state index is 0.747. The molecule has 0 radical (unpaired) electrons. The van der Waals surface area contributed by atoms with Gasteiger partial charge in [0.05, 0.1) is 0 Å². The van der Waals surface area contributed by atoms with Crippen molar-refractivity contribution in [3.8, 4) is 0 Å². The third-order valence-corrected chi connectivity index (χ3v) is 2.64. The molecular formula is C11H22N2. The van der Waals surface area contributed by atoms with Crippen LogP contribution in [0.25, 0.3) is 0 Å². The minimum Gasteiger partial charge on any atom is -0.329 e. The topological polar surface area (TPSA) is 38.0 Å². The van der Waals surface area contributed by atoms with Crippen LogP contribution in [0.1, 0.15) is 26.7 Å². The molecule has 0 aromatic rings. The van der Waals surface area contributed by atoms with Gasteiger partial charge in [0.2, 0.25) is 0 Å². The van der Waals surface area contributed by atoms with Crippen LogP contribution in [0.5, 0.6) is 0 Å². The zero-order valence-electron chi connectivity index (χ0n) is 8.84. The van der Waals surface area contributed by atoms with E-state index in [4.69, 9.17) is 5.73 Å². The molecule has 0 saturated heterocycles. The zero-order chi connectivity index (χ0) is 9.68. The van der Waals surface area contributed by atoms with Gasteiger partial charge < -0.3 is 11.1 Å². The highest BCUT2D eigenvalue weighted by atomic mass is 14.9. The van der Waals surface area contributed by atoms with Gasteiger partial charge in [0, 0.05) is 13.1 Å². The summed E-state index contributed by atoms with van der Waals surface area (Å²) in [5.74, 6) is 1.59. The summed E-state index contributed by atoms with van der Waals surface area (Å²) >= 11 is 0. The number of rotatable bonds is 4. The van der Waals surface area contributed by atoms with Gasteiger partial charge in [-0.3, -0.25) is 0 Å². The Morgan fingerprint density at radius 1 is 1.62 bits per heavy atom. The molecule has 3 N–H and O–H groups in total. The predicted molar refractivity (Wildman–Crippen MR) is 57.6 cm³/mol. The van der Waals surface area contributed by atoms with E-state index < -0.39 is 0 Å². The summed E-state index contributed by atoms with van der Waals surface area (Å²) in [5, 5.41) is 3.39. The Morgan fingerprint density at radius 3 is 3.00 bits per heavy atom. The quantitative estimate of drug-likeness (QED) is 0.511. The Hall–Kier alpha value is -0.340. The van der Waals surface area contributed by atoms with Crippen LogP contribution >= 0.6 is 0 Å². The third kappa shape index (κ3) is 3.92. The smallest absolute Gasteiger partial charge is 0.00746 e. The van der Waals surface area contributed by atoms with E-state index in [1.54, 1.807) is 5.57 Å². The maximum Gasteiger partial charge on any atom is 0.00746 e. The van der Waals surface area contributed by atoms with E-state index in [2.05, 4.69) is 25.2 Å². The fourth-order valence-electron chi connectivity index (χ4n) is 2.25. The van der Waals surface area contributed by atoms with Crippen LogP contribution in [0.2, 0.25) is 0 Å². The van der Waals surface area contributed by atoms with Crippen molar-refractivity contribution in [3.05, 3.63) is 11.6 Å². The normalized spacial score (nSPS) is 28.7. The number of nitrogens with two attached hydrogens (primary N) is 1. The van der Waals surface area contributed by atoms with Crippen LogP contribution in [-0.4, -0.2) is 19.6 Å². The van der Waals surface area contributed by atoms with Gasteiger partial charge in [-0.25, -0.2) is 0 Å². The highest BCUT2D eigenvalue weighted by Gasteiger charge is 2.16. The molecule has 2 heteroatoms. The summed E-state index contributed by atoms with van der Waals surface area (Å²) in [7, 11) is 0. The SMILES string of the molecule is CC1=CC(C)CC(CNCCN)C1. The Labute approximate surface area is 81.6 Å². The van der Waals surface area contributed by atoms with Crippen molar-refractivity contribution in [1.82, 2.24) is 5.32 Å². The molecule has 0 aromatic heterocycles. The fraction of sp³-hybridized carbons (Fsp3) is 0.818. The molecule has 0 heterocycles. The Balaban J connectivity index is 2.24. The maximum atomic E-state index is 5.42. The molecule has 0 spiro atoms. The summed E-state index contributed by atoms with van der Waals surface area (Å²) in [6.45, 7) is 7.38. The standard InChI is InChI=1S/C11H22N2/c1-9-5-10(2)7-11(6-9)8-13-4-3-12/h5,9,11,13H,3-4,6-8,12H2,1-2H3. The average Bonchev–Trinajstić information content (AvgIpc) is 2.03. The number of allylic oxidation sites excluding steroid dienone is 2. The van der Waals surface area contributed by atoms with Crippen LogP contribution < -0.4 is 11.1 Å². The van der Waals surface area contributed by atoms with Crippen LogP contribution in [0.4, 0.5) is 0 Å². The maximum absolute atomic E-state index is 5.42. The molecule has 1 aliphatic carbocycles. The van der Waals surface area contributed by atoms with Gasteiger partial charge in [-0.15, -0.1) is 0 Å². The molecule has 2 unspecified atom stereocenters. The molecular weight excluding hydrogens is 160 g/mol. The monoisotopic (exact) mass is 182 g/mol. The van der Waals surface area contributed by atoms with Gasteiger partial charge in [-0.1, -0.05) is 18.6 Å². The molecule has 0 bridgehead atoms. The first-order chi connectivity index (χ1) is 6.22. The van der Waals surface area contributed by atoms with Gasteiger partial charge in [0.1, 0.15) is 0 Å². The lowest BCUT2D eigenvalue weighted by molar-refractivity contribution is 0.383. The van der Waals surface area contributed by atoms with Crippen LogP contribution in [-0.2, 0) is 0 Å². The van der Waals surface area contributed by atoms with Crippen molar-refractivity contribution in [2.75, 3.05) is 19.6 Å². The highest BCUT2D eigenvalue weighted by Crippen LogP contribution is 2.26. The van der Waals surface area contributed by atoms with Crippen LogP contribution in [0.15, 0.2) is 11.6 Å². The van der Waals surface area contributed by atoms with E-state index in [-0.39, 0.29) is 0 Å². The van der Waals surface area contributed by atoms with Crippen molar-refractivity contribution in [2.45, 2.75) is 26.7 Å². The number of hydrogen-bond acceptors (Lipinski definition) is 2. The van der Waals surface area contributed by atoms with E-state index >= 15 is 0 Å². The number of nitrogens with one attached hydrogen (secondary N) is 1. The van der Waals surface area contributed by atoms with E-state index in [0.717, 1.165) is 31.5 Å². The van der Waals surface area contributed by atoms with Crippen molar-refractivity contribution in [1.29, 1.82) is 0 Å². The Kier molecular flexibility index (Phi) is 4.46. The molecule has 1 aliphatic rings. The van der Waals surface area contributed by atoms with Gasteiger partial charge >= 0.3 is 0 Å². The van der Waals surface area contributed by atoms with Crippen molar-refractivity contribution < 1.29 is 0 Å². The molecule has 2 nitrogen and oxygen atoms in total. The number of hydrogen-bond donors (Lipinski definition) is 2. The van der Waals surface area contributed by atoms with E-state index in [9.17, 15) is 0 Å². The molecule has 76 valence electrons. The summed E-state index contributed by atoms with van der Waals surface area (Å²) in [6.07, 6.45) is 5.00. The van der Waals surface area contributed by atoms with Gasteiger partial charge in [-0.2, -0.15) is 0 Å². The highest BCUT2D eigenvalue weighted by molar-refractivity contribution is 5.06. The second kappa shape index (κ2) is 5.40. The molecule has 2 atom stereocenters. The lowest BCUT2D eigenvalue weighted by Crippen LogP contribution is -2.30. The van der Waals surface area contributed by atoms with E-state index in [1.807, 2.05) is 0 Å². The largest absolute Gasteiger partial charge is 0.329 e. The van der Waals surface area contributed by atoms with Crippen molar-refractivity contribution >= 4 is 0 Å². The molecule has 0 aromatic carbocycles. The van der Waals surface area contributed by atoms with Gasteiger partial charge in [-0.05, 0) is 38.1 Å². The summed E-state index contributed by atoms with van der Waals surface area (Å²) in [5.41, 5.74) is 6.98. The van der Waals surface area contributed by atoms with Gasteiger partial charge in [0.25, 0.3) is 0 Å². The minimum atomic E-state index is 0.747.